The van der Waals surface area contributed by atoms with Crippen LogP contribution in [0.2, 0.25) is 5.02 Å². The molecule has 2 N–H and O–H groups in total. The molecular weight excluding hydrogens is 505 g/mol. The van der Waals surface area contributed by atoms with Crippen molar-refractivity contribution >= 4 is 53.4 Å². The summed E-state index contributed by atoms with van der Waals surface area (Å²) in [5.74, 6) is 0.903. The molecule has 7 nitrogen and oxygen atoms in total. The molecule has 0 spiro atoms. The Morgan fingerprint density at radius 3 is 2.59 bits per heavy atom. The number of halogens is 2. The summed E-state index contributed by atoms with van der Waals surface area (Å²) in [5, 5.41) is 6.95. The molecule has 1 aromatic carbocycles. The lowest BCUT2D eigenvalue weighted by atomic mass is 10.2. The average molecular weight is 534 g/mol. The van der Waals surface area contributed by atoms with Crippen LogP contribution in [-0.2, 0) is 16.1 Å². The van der Waals surface area contributed by atoms with Gasteiger partial charge in [-0.15, -0.1) is 24.0 Å². The lowest BCUT2D eigenvalue weighted by Gasteiger charge is -2.36. The molecule has 1 saturated carbocycles. The molecule has 1 aromatic rings. The number of aliphatic imine (C=N–C) groups is 1. The number of rotatable bonds is 7. The van der Waals surface area contributed by atoms with Crippen molar-refractivity contribution < 1.29 is 9.59 Å². The Balaban J connectivity index is 0.00000300. The van der Waals surface area contributed by atoms with Crippen LogP contribution in [0.4, 0.5) is 0 Å². The van der Waals surface area contributed by atoms with Crippen LogP contribution in [0.25, 0.3) is 0 Å². The number of guanidine groups is 1. The lowest BCUT2D eigenvalue weighted by molar-refractivity contribution is -0.135. The van der Waals surface area contributed by atoms with Gasteiger partial charge < -0.3 is 20.4 Å². The monoisotopic (exact) mass is 533 g/mol. The minimum absolute atomic E-state index is 0. The molecule has 1 heterocycles. The molecule has 2 aliphatic rings. The summed E-state index contributed by atoms with van der Waals surface area (Å²) in [6.07, 6.45) is 3.46. The molecule has 1 aliphatic carbocycles. The SMILES string of the molecule is CN=C(NCCCC(=O)NC1CC1)N1CCN(Cc2ccc(Cl)cc2)C(=O)C1.I. The molecule has 0 bridgehead atoms. The van der Waals surface area contributed by atoms with Crippen LogP contribution < -0.4 is 10.6 Å². The van der Waals surface area contributed by atoms with Gasteiger partial charge in [-0.3, -0.25) is 14.6 Å². The molecule has 29 heavy (non-hydrogen) atoms. The molecule has 1 aliphatic heterocycles. The molecule has 0 atom stereocenters. The molecule has 3 rings (SSSR count). The fraction of sp³-hybridized carbons (Fsp3) is 0.550. The van der Waals surface area contributed by atoms with E-state index in [2.05, 4.69) is 15.6 Å². The highest BCUT2D eigenvalue weighted by Gasteiger charge is 2.26. The number of carbonyl (C=O) groups is 2. The van der Waals surface area contributed by atoms with Gasteiger partial charge in [0.05, 0.1) is 6.54 Å². The number of carbonyl (C=O) groups excluding carboxylic acids is 2. The molecule has 2 fully saturated rings. The Labute approximate surface area is 194 Å². The van der Waals surface area contributed by atoms with Crippen molar-refractivity contribution in [2.75, 3.05) is 33.2 Å². The number of piperazine rings is 1. The minimum atomic E-state index is 0. The van der Waals surface area contributed by atoms with E-state index in [0.29, 0.717) is 49.6 Å². The highest BCUT2D eigenvalue weighted by atomic mass is 127. The summed E-state index contributed by atoms with van der Waals surface area (Å²) in [7, 11) is 1.71. The van der Waals surface area contributed by atoms with Crippen molar-refractivity contribution in [3.63, 3.8) is 0 Å². The van der Waals surface area contributed by atoms with Gasteiger partial charge in [0.1, 0.15) is 0 Å². The van der Waals surface area contributed by atoms with Gasteiger partial charge >= 0.3 is 0 Å². The predicted molar refractivity (Wildman–Crippen MR) is 126 cm³/mol. The Morgan fingerprint density at radius 2 is 1.97 bits per heavy atom. The average Bonchev–Trinajstić information content (AvgIpc) is 3.49. The van der Waals surface area contributed by atoms with E-state index in [0.717, 1.165) is 31.4 Å². The fourth-order valence-corrected chi connectivity index (χ4v) is 3.30. The van der Waals surface area contributed by atoms with Gasteiger partial charge in [-0.05, 0) is 37.0 Å². The molecule has 0 aromatic heterocycles. The number of amides is 2. The van der Waals surface area contributed by atoms with Crippen LogP contribution in [0.15, 0.2) is 29.3 Å². The molecule has 2 amide bonds. The van der Waals surface area contributed by atoms with Crippen molar-refractivity contribution in [1.29, 1.82) is 0 Å². The van der Waals surface area contributed by atoms with Gasteiger partial charge in [-0.2, -0.15) is 0 Å². The lowest BCUT2D eigenvalue weighted by Crippen LogP contribution is -2.55. The molecule has 9 heteroatoms. The number of nitrogens with zero attached hydrogens (tertiary/aromatic N) is 3. The summed E-state index contributed by atoms with van der Waals surface area (Å²) in [6, 6.07) is 7.98. The third-order valence-electron chi connectivity index (χ3n) is 4.92. The van der Waals surface area contributed by atoms with Crippen LogP contribution in [-0.4, -0.2) is 66.8 Å². The van der Waals surface area contributed by atoms with Crippen LogP contribution in [0.1, 0.15) is 31.2 Å². The van der Waals surface area contributed by atoms with Crippen molar-refractivity contribution in [2.24, 2.45) is 4.99 Å². The van der Waals surface area contributed by atoms with E-state index in [4.69, 9.17) is 11.6 Å². The van der Waals surface area contributed by atoms with Gasteiger partial charge in [-0.1, -0.05) is 23.7 Å². The van der Waals surface area contributed by atoms with Crippen LogP contribution in [0, 0.1) is 0 Å². The maximum atomic E-state index is 12.5. The van der Waals surface area contributed by atoms with Crippen LogP contribution in [0.3, 0.4) is 0 Å². The first kappa shape index (κ1) is 23.7. The Hall–Kier alpha value is -1.55. The normalized spacial score (nSPS) is 17.0. The zero-order valence-electron chi connectivity index (χ0n) is 16.7. The van der Waals surface area contributed by atoms with Crippen molar-refractivity contribution in [1.82, 2.24) is 20.4 Å². The Bertz CT molecular complexity index is 724. The number of nitrogens with one attached hydrogen (secondary N) is 2. The summed E-state index contributed by atoms with van der Waals surface area (Å²) in [6.45, 7) is 2.92. The second-order valence-electron chi connectivity index (χ2n) is 7.28. The maximum Gasteiger partial charge on any atom is 0.242 e. The first-order chi connectivity index (χ1) is 13.5. The van der Waals surface area contributed by atoms with E-state index >= 15 is 0 Å². The van der Waals surface area contributed by atoms with E-state index in [9.17, 15) is 9.59 Å². The standard InChI is InChI=1S/C20H28ClN5O2.HI/c1-22-20(23-10-2-3-18(27)24-17-8-9-17)26-12-11-25(19(28)14-26)13-15-4-6-16(21)7-5-15;/h4-7,17H,2-3,8-14H2,1H3,(H,22,23)(H,24,27);1H. The first-order valence-electron chi connectivity index (χ1n) is 9.82. The topological polar surface area (TPSA) is 77.0 Å². The van der Waals surface area contributed by atoms with Crippen molar-refractivity contribution in [2.45, 2.75) is 38.3 Å². The maximum absolute atomic E-state index is 12.5. The van der Waals surface area contributed by atoms with Crippen LogP contribution in [0.5, 0.6) is 0 Å². The van der Waals surface area contributed by atoms with Gasteiger partial charge in [0.15, 0.2) is 5.96 Å². The molecule has 1 saturated heterocycles. The summed E-state index contributed by atoms with van der Waals surface area (Å²) >= 11 is 5.92. The summed E-state index contributed by atoms with van der Waals surface area (Å²) in [5.41, 5.74) is 1.07. The Morgan fingerprint density at radius 1 is 1.24 bits per heavy atom. The zero-order valence-corrected chi connectivity index (χ0v) is 19.8. The second-order valence-corrected chi connectivity index (χ2v) is 7.72. The fourth-order valence-electron chi connectivity index (χ4n) is 3.18. The van der Waals surface area contributed by atoms with Crippen molar-refractivity contribution in [3.8, 4) is 0 Å². The highest BCUT2D eigenvalue weighted by Crippen LogP contribution is 2.18. The predicted octanol–water partition coefficient (Wildman–Crippen LogP) is 2.24. The van der Waals surface area contributed by atoms with Crippen LogP contribution >= 0.6 is 35.6 Å². The molecule has 160 valence electrons. The first-order valence-corrected chi connectivity index (χ1v) is 10.2. The van der Waals surface area contributed by atoms with E-state index in [1.807, 2.05) is 34.1 Å². The zero-order chi connectivity index (χ0) is 19.9. The largest absolute Gasteiger partial charge is 0.356 e. The van der Waals surface area contributed by atoms with E-state index in [1.54, 1.807) is 7.05 Å². The van der Waals surface area contributed by atoms with Gasteiger partial charge in [-0.25, -0.2) is 0 Å². The van der Waals surface area contributed by atoms with Crippen molar-refractivity contribution in [3.05, 3.63) is 34.9 Å². The van der Waals surface area contributed by atoms with Gasteiger partial charge in [0.25, 0.3) is 0 Å². The van der Waals surface area contributed by atoms with Gasteiger partial charge in [0.2, 0.25) is 11.8 Å². The third kappa shape index (κ3) is 7.65. The molecule has 0 unspecified atom stereocenters. The molecular formula is C20H29ClIN5O2. The van der Waals surface area contributed by atoms with E-state index < -0.39 is 0 Å². The number of hydrogen-bond acceptors (Lipinski definition) is 3. The third-order valence-corrected chi connectivity index (χ3v) is 5.17. The smallest absolute Gasteiger partial charge is 0.242 e. The Kier molecular flexibility index (Phi) is 9.48. The number of benzene rings is 1. The van der Waals surface area contributed by atoms with E-state index in [1.165, 1.54) is 0 Å². The summed E-state index contributed by atoms with van der Waals surface area (Å²) < 4.78 is 0. The van der Waals surface area contributed by atoms with Gasteiger partial charge in [0, 0.05) is 50.7 Å². The summed E-state index contributed by atoms with van der Waals surface area (Å²) in [4.78, 5) is 32.4. The number of hydrogen-bond donors (Lipinski definition) is 2. The molecule has 0 radical (unpaired) electrons. The second kappa shape index (κ2) is 11.6. The van der Waals surface area contributed by atoms with E-state index in [-0.39, 0.29) is 35.8 Å². The minimum Gasteiger partial charge on any atom is -0.356 e. The quantitative estimate of drug-likeness (QED) is 0.244. The highest BCUT2D eigenvalue weighted by molar-refractivity contribution is 14.0.